The molecular weight excluding hydrogens is 627 g/mol. The number of thioether (sulfide) groups is 2. The number of likely N-dealkylation sites (tertiary alicyclic amines) is 1. The largest absolute Gasteiger partial charge is 0.507 e. The van der Waals surface area contributed by atoms with Gasteiger partial charge in [-0.05, 0) is 71.6 Å². The lowest BCUT2D eigenvalue weighted by atomic mass is 9.79. The van der Waals surface area contributed by atoms with E-state index in [0.29, 0.717) is 31.9 Å². The number of aliphatic carboxylic acids is 1. The van der Waals surface area contributed by atoms with Gasteiger partial charge in [0, 0.05) is 51.7 Å². The number of aliphatic hydroxyl groups excluding tert-OH is 1. The molecule has 8 heteroatoms. The number of ether oxygens (including phenoxy) is 1. The summed E-state index contributed by atoms with van der Waals surface area (Å²) >= 11 is 3.77. The molecule has 3 N–H and O–H groups in total. The first kappa shape index (κ1) is 39.6. The Morgan fingerprint density at radius 2 is 1.15 bits per heavy atom. The summed E-state index contributed by atoms with van der Waals surface area (Å²) in [6, 6.07) is 8.97. The zero-order chi connectivity index (χ0) is 35.6. The van der Waals surface area contributed by atoms with Crippen molar-refractivity contribution >= 4 is 29.5 Å². The molecule has 264 valence electrons. The molecule has 0 aliphatic carbocycles. The molecule has 1 aliphatic heterocycles. The molecule has 0 unspecified atom stereocenters. The molecule has 0 atom stereocenters. The van der Waals surface area contributed by atoms with Crippen molar-refractivity contribution in [3.8, 4) is 11.5 Å². The lowest BCUT2D eigenvalue weighted by molar-refractivity contribution is -0.138. The fraction of sp³-hybridized carbons (Fsp3) is 0.667. The van der Waals surface area contributed by atoms with E-state index in [9.17, 15) is 20.1 Å². The Morgan fingerprint density at radius 1 is 0.745 bits per heavy atom. The van der Waals surface area contributed by atoms with E-state index in [2.05, 4.69) is 107 Å². The Morgan fingerprint density at radius 3 is 1.51 bits per heavy atom. The zero-order valence-corrected chi connectivity index (χ0v) is 32.7. The molecule has 1 fully saturated rings. The van der Waals surface area contributed by atoms with Crippen LogP contribution in [0.2, 0.25) is 0 Å². The summed E-state index contributed by atoms with van der Waals surface area (Å²) in [4.78, 5) is 16.0. The monoisotopic (exact) mass is 687 g/mol. The van der Waals surface area contributed by atoms with Crippen LogP contribution in [0.15, 0.2) is 34.1 Å². The second kappa shape index (κ2) is 14.9. The van der Waals surface area contributed by atoms with Gasteiger partial charge in [0.25, 0.3) is 0 Å². The number of hydrogen-bond donors (Lipinski definition) is 3. The maximum absolute atomic E-state index is 11.6. The van der Waals surface area contributed by atoms with Crippen LogP contribution in [0.25, 0.3) is 0 Å². The second-order valence-corrected chi connectivity index (χ2v) is 20.5. The van der Waals surface area contributed by atoms with Gasteiger partial charge in [0.15, 0.2) is 0 Å². The Labute approximate surface area is 293 Å². The summed E-state index contributed by atoms with van der Waals surface area (Å²) in [7, 11) is 0. The van der Waals surface area contributed by atoms with E-state index in [-0.39, 0.29) is 38.9 Å². The standard InChI is InChI=1S/C39H61NO5S2/c1-35(2,3)28-21-26(22-29(33(28)44)36(4,5)6)46-39(15-17-40(18-16-39)25-32(42)43)47-27-23-30(37(7,8)9)34(45-20-14-13-19-41)31(24-27)38(10,11)12/h21-24,41,44H,13-20,25H2,1-12H3,(H,42,43). The average molecular weight is 688 g/mol. The van der Waals surface area contributed by atoms with E-state index >= 15 is 0 Å². The van der Waals surface area contributed by atoms with E-state index in [1.54, 1.807) is 0 Å². The molecule has 6 nitrogen and oxygen atoms in total. The van der Waals surface area contributed by atoms with Gasteiger partial charge < -0.3 is 20.1 Å². The number of nitrogens with zero attached hydrogens (tertiary/aromatic N) is 1. The van der Waals surface area contributed by atoms with Gasteiger partial charge in [0.1, 0.15) is 11.5 Å². The van der Waals surface area contributed by atoms with Crippen molar-refractivity contribution in [2.75, 3.05) is 32.8 Å². The number of benzene rings is 2. The molecule has 3 rings (SSSR count). The van der Waals surface area contributed by atoms with E-state index in [0.717, 1.165) is 41.0 Å². The number of phenols is 1. The van der Waals surface area contributed by atoms with Crippen molar-refractivity contribution in [1.29, 1.82) is 0 Å². The van der Waals surface area contributed by atoms with E-state index in [4.69, 9.17) is 4.74 Å². The zero-order valence-electron chi connectivity index (χ0n) is 31.1. The highest BCUT2D eigenvalue weighted by atomic mass is 32.2. The van der Waals surface area contributed by atoms with Crippen LogP contribution in [0.4, 0.5) is 0 Å². The third kappa shape index (κ3) is 10.6. The fourth-order valence-electron chi connectivity index (χ4n) is 6.03. The SMILES string of the molecule is CC(C)(C)c1cc(SC2(Sc3cc(C(C)(C)C)c(OCCCCO)c(C(C)(C)C)c3)CCN(CC(=O)O)CC2)cc(C(C)(C)C)c1O. The van der Waals surface area contributed by atoms with Crippen molar-refractivity contribution < 1.29 is 24.9 Å². The number of piperidine rings is 1. The molecule has 2 aromatic rings. The minimum atomic E-state index is -0.791. The summed E-state index contributed by atoms with van der Waals surface area (Å²) in [6.07, 6.45) is 3.16. The molecule has 1 aliphatic rings. The predicted octanol–water partition coefficient (Wildman–Crippen LogP) is 9.49. The third-order valence-corrected chi connectivity index (χ3v) is 11.8. The Kier molecular flexibility index (Phi) is 12.6. The lowest BCUT2D eigenvalue weighted by Gasteiger charge is -2.41. The average Bonchev–Trinajstić information content (AvgIpc) is 2.91. The normalized spacial score (nSPS) is 16.4. The number of rotatable bonds is 11. The highest BCUT2D eigenvalue weighted by molar-refractivity contribution is 8.18. The molecule has 0 aromatic heterocycles. The molecule has 2 aromatic carbocycles. The molecule has 1 saturated heterocycles. The van der Waals surface area contributed by atoms with Crippen LogP contribution >= 0.6 is 23.5 Å². The Bertz CT molecular complexity index is 1310. The molecule has 0 amide bonds. The first-order valence-corrected chi connectivity index (χ1v) is 18.7. The van der Waals surface area contributed by atoms with Crippen LogP contribution in [0.1, 0.15) is 131 Å². The van der Waals surface area contributed by atoms with Crippen LogP contribution in [0.3, 0.4) is 0 Å². The molecule has 0 saturated carbocycles. The first-order chi connectivity index (χ1) is 21.5. The van der Waals surface area contributed by atoms with Crippen molar-refractivity contribution in [3.63, 3.8) is 0 Å². The van der Waals surface area contributed by atoms with E-state index in [1.165, 1.54) is 16.0 Å². The van der Waals surface area contributed by atoms with Crippen molar-refractivity contribution in [1.82, 2.24) is 4.90 Å². The van der Waals surface area contributed by atoms with Gasteiger partial charge in [0.2, 0.25) is 0 Å². The van der Waals surface area contributed by atoms with Gasteiger partial charge in [-0.2, -0.15) is 0 Å². The highest BCUT2D eigenvalue weighted by Crippen LogP contribution is 2.55. The topological polar surface area (TPSA) is 90.2 Å². The highest BCUT2D eigenvalue weighted by Gasteiger charge is 2.39. The summed E-state index contributed by atoms with van der Waals surface area (Å²) in [6.45, 7) is 28.5. The number of aromatic hydroxyl groups is 1. The van der Waals surface area contributed by atoms with Gasteiger partial charge in [-0.1, -0.05) is 83.1 Å². The third-order valence-electron chi connectivity index (χ3n) is 8.76. The summed E-state index contributed by atoms with van der Waals surface area (Å²) in [5.74, 6) is 0.542. The number of phenolic OH excluding ortho intramolecular Hbond substituents is 1. The van der Waals surface area contributed by atoms with Crippen molar-refractivity contribution in [2.24, 2.45) is 0 Å². The van der Waals surface area contributed by atoms with E-state index in [1.807, 2.05) is 28.4 Å². The number of aliphatic hydroxyl groups is 1. The van der Waals surface area contributed by atoms with Gasteiger partial charge in [-0.3, -0.25) is 9.69 Å². The Balaban J connectivity index is 2.18. The van der Waals surface area contributed by atoms with Gasteiger partial charge in [-0.25, -0.2) is 0 Å². The van der Waals surface area contributed by atoms with E-state index < -0.39 is 5.97 Å². The van der Waals surface area contributed by atoms with Gasteiger partial charge in [0.05, 0.1) is 17.2 Å². The Hall–Kier alpha value is -1.87. The van der Waals surface area contributed by atoms with Crippen molar-refractivity contribution in [2.45, 2.75) is 144 Å². The van der Waals surface area contributed by atoms with Crippen molar-refractivity contribution in [3.05, 3.63) is 46.5 Å². The maximum atomic E-state index is 11.6. The minimum absolute atomic E-state index is 0.0532. The number of unbranched alkanes of at least 4 members (excludes halogenated alkanes) is 1. The first-order valence-electron chi connectivity index (χ1n) is 17.1. The summed E-state index contributed by atoms with van der Waals surface area (Å²) < 4.78 is 6.28. The minimum Gasteiger partial charge on any atom is -0.507 e. The summed E-state index contributed by atoms with van der Waals surface area (Å²) in [5, 5.41) is 30.3. The number of carboxylic acid groups (broad SMARTS) is 1. The molecule has 0 bridgehead atoms. The second-order valence-electron chi connectivity index (χ2n) is 17.3. The number of carbonyl (C=O) groups is 1. The molecule has 0 radical (unpaired) electrons. The number of hydrogen-bond acceptors (Lipinski definition) is 7. The summed E-state index contributed by atoms with van der Waals surface area (Å²) in [5.41, 5.74) is 3.46. The predicted molar refractivity (Wildman–Crippen MR) is 199 cm³/mol. The maximum Gasteiger partial charge on any atom is 0.317 e. The van der Waals surface area contributed by atoms with Crippen LogP contribution in [-0.4, -0.2) is 63.1 Å². The molecule has 47 heavy (non-hydrogen) atoms. The van der Waals surface area contributed by atoms with Gasteiger partial charge in [-0.15, -0.1) is 23.5 Å². The van der Waals surface area contributed by atoms with Crippen LogP contribution in [0, 0.1) is 0 Å². The molecule has 1 heterocycles. The number of carboxylic acids is 1. The van der Waals surface area contributed by atoms with Crippen LogP contribution in [0.5, 0.6) is 11.5 Å². The fourth-order valence-corrected chi connectivity index (χ4v) is 9.11. The lowest BCUT2D eigenvalue weighted by Crippen LogP contribution is -2.42. The molecular formula is C39H61NO5S2. The van der Waals surface area contributed by atoms with Gasteiger partial charge >= 0.3 is 5.97 Å². The smallest absolute Gasteiger partial charge is 0.317 e. The van der Waals surface area contributed by atoms with Crippen LogP contribution < -0.4 is 4.74 Å². The van der Waals surface area contributed by atoms with Crippen LogP contribution in [-0.2, 0) is 26.5 Å². The molecule has 0 spiro atoms. The quantitative estimate of drug-likeness (QED) is 0.159.